The molecule has 0 bridgehead atoms. The number of benzene rings is 7. The summed E-state index contributed by atoms with van der Waals surface area (Å²) in [7, 11) is 0. The first kappa shape index (κ1) is 25.2. The number of hydrogen-bond acceptors (Lipinski definition) is 2. The first-order valence-corrected chi connectivity index (χ1v) is 15.7. The Morgan fingerprint density at radius 3 is 2.20 bits per heavy atom. The highest BCUT2D eigenvalue weighted by Crippen LogP contribution is 2.52. The van der Waals surface area contributed by atoms with Crippen molar-refractivity contribution in [2.45, 2.75) is 25.8 Å². The standard InChI is InChI=1S/C40H25NO.C2H6/c1-2-10-28(11-3-1)41-34-21-19-26(29-13-7-14-31-30-12-4-5-15-36(30)42-40(29)31)22-33(34)39-32-20-18-25-9-6-8-24-16-17-27(23-35(39)41)38(32)37(24)25;1-2/h1-23,35,39H;1-2H3. The van der Waals surface area contributed by atoms with Crippen LogP contribution in [0, 0.1) is 0 Å². The van der Waals surface area contributed by atoms with Crippen LogP contribution < -0.4 is 10.1 Å². The Morgan fingerprint density at radius 2 is 1.34 bits per heavy atom. The van der Waals surface area contributed by atoms with Gasteiger partial charge in [-0.1, -0.05) is 123 Å². The average molecular weight is 566 g/mol. The first-order valence-electron chi connectivity index (χ1n) is 15.7. The van der Waals surface area contributed by atoms with E-state index in [9.17, 15) is 0 Å². The van der Waals surface area contributed by atoms with E-state index in [1.807, 2.05) is 19.9 Å². The monoisotopic (exact) mass is 565 g/mol. The fourth-order valence-electron chi connectivity index (χ4n) is 7.80. The molecule has 2 nitrogen and oxygen atoms in total. The van der Waals surface area contributed by atoms with Gasteiger partial charge in [-0.3, -0.25) is 0 Å². The second kappa shape index (κ2) is 9.59. The van der Waals surface area contributed by atoms with Crippen molar-refractivity contribution in [1.82, 2.24) is 0 Å². The van der Waals surface area contributed by atoms with Crippen molar-refractivity contribution in [3.63, 3.8) is 0 Å². The number of nitrogens with zero attached hydrogens (tertiary/aromatic N) is 1. The van der Waals surface area contributed by atoms with Gasteiger partial charge in [0.25, 0.3) is 0 Å². The maximum Gasteiger partial charge on any atom is 0.143 e. The normalized spacial score (nSPS) is 16.5. The lowest BCUT2D eigenvalue weighted by atomic mass is 9.79. The van der Waals surface area contributed by atoms with Crippen LogP contribution in [0.4, 0.5) is 11.4 Å². The second-order valence-electron chi connectivity index (χ2n) is 11.7. The number of para-hydroxylation sites is 3. The summed E-state index contributed by atoms with van der Waals surface area (Å²) in [4.78, 5) is 2.54. The highest BCUT2D eigenvalue weighted by Gasteiger charge is 2.41. The molecule has 10 rings (SSSR count). The molecule has 2 heteroatoms. The van der Waals surface area contributed by atoms with Gasteiger partial charge >= 0.3 is 0 Å². The van der Waals surface area contributed by atoms with Crippen molar-refractivity contribution in [3.05, 3.63) is 150 Å². The molecular weight excluding hydrogens is 534 g/mol. The van der Waals surface area contributed by atoms with Gasteiger partial charge in [-0.2, -0.15) is 0 Å². The van der Waals surface area contributed by atoms with Crippen molar-refractivity contribution in [2.24, 2.45) is 0 Å². The third-order valence-corrected chi connectivity index (χ3v) is 9.54. The molecule has 0 saturated heterocycles. The molecule has 0 fully saturated rings. The molecule has 1 aliphatic carbocycles. The number of hydrogen-bond donors (Lipinski definition) is 0. The van der Waals surface area contributed by atoms with E-state index in [1.165, 1.54) is 54.8 Å². The van der Waals surface area contributed by atoms with Crippen LogP contribution in [0.25, 0.3) is 60.7 Å². The van der Waals surface area contributed by atoms with Gasteiger partial charge in [0.05, 0.1) is 6.04 Å². The summed E-state index contributed by atoms with van der Waals surface area (Å²) in [5.74, 6) is 0.220. The fourth-order valence-corrected chi connectivity index (χ4v) is 7.80. The molecule has 8 aromatic rings. The summed E-state index contributed by atoms with van der Waals surface area (Å²) in [5, 5.41) is 9.05. The van der Waals surface area contributed by atoms with Crippen LogP contribution in [-0.2, 0) is 0 Å². The molecule has 0 amide bonds. The molecule has 44 heavy (non-hydrogen) atoms. The van der Waals surface area contributed by atoms with Crippen LogP contribution in [0.3, 0.4) is 0 Å². The van der Waals surface area contributed by atoms with Crippen molar-refractivity contribution >= 4 is 60.9 Å². The van der Waals surface area contributed by atoms with Gasteiger partial charge < -0.3 is 9.32 Å². The molecule has 0 saturated carbocycles. The molecule has 1 aromatic heterocycles. The SMILES string of the molecule is C1=c2ccc3cccc4ccc(c2c43)C2c3cc(-c4cccc5c4oc4ccccc45)ccc3N(c3ccccc3)C12.CC. The lowest BCUT2D eigenvalue weighted by Crippen LogP contribution is -2.33. The highest BCUT2D eigenvalue weighted by atomic mass is 16.3. The number of furan rings is 1. The van der Waals surface area contributed by atoms with E-state index in [4.69, 9.17) is 4.42 Å². The molecule has 0 radical (unpaired) electrons. The van der Waals surface area contributed by atoms with E-state index >= 15 is 0 Å². The Kier molecular flexibility index (Phi) is 5.49. The minimum atomic E-state index is 0.189. The minimum Gasteiger partial charge on any atom is -0.455 e. The minimum absolute atomic E-state index is 0.189. The number of anilines is 2. The molecule has 0 N–H and O–H groups in total. The van der Waals surface area contributed by atoms with E-state index < -0.39 is 0 Å². The number of fused-ring (bicyclic) bond motifs is 7. The first-order chi connectivity index (χ1) is 21.8. The molecule has 1 aliphatic heterocycles. The van der Waals surface area contributed by atoms with E-state index in [-0.39, 0.29) is 12.0 Å². The molecule has 2 unspecified atom stereocenters. The number of rotatable bonds is 2. The van der Waals surface area contributed by atoms with Crippen molar-refractivity contribution in [2.75, 3.05) is 4.90 Å². The lowest BCUT2D eigenvalue weighted by Gasteiger charge is -2.31. The van der Waals surface area contributed by atoms with Crippen LogP contribution in [-0.4, -0.2) is 6.04 Å². The highest BCUT2D eigenvalue weighted by molar-refractivity contribution is 6.13. The maximum absolute atomic E-state index is 6.47. The van der Waals surface area contributed by atoms with Crippen LogP contribution in [0.5, 0.6) is 0 Å². The summed E-state index contributed by atoms with van der Waals surface area (Å²) in [6, 6.07) is 48.9. The average Bonchev–Trinajstić information content (AvgIpc) is 3.64. The Hall–Kier alpha value is -5.34. The third kappa shape index (κ3) is 3.43. The third-order valence-electron chi connectivity index (χ3n) is 9.54. The van der Waals surface area contributed by atoms with Gasteiger partial charge in [0.15, 0.2) is 0 Å². The topological polar surface area (TPSA) is 16.4 Å². The van der Waals surface area contributed by atoms with Crippen molar-refractivity contribution < 1.29 is 4.42 Å². The molecule has 2 heterocycles. The Bertz CT molecular complexity index is 2420. The fraction of sp³-hybridized carbons (Fsp3) is 0.0952. The molecule has 2 atom stereocenters. The van der Waals surface area contributed by atoms with Gasteiger partial charge in [0, 0.05) is 33.6 Å². The molecule has 210 valence electrons. The van der Waals surface area contributed by atoms with Gasteiger partial charge in [-0.05, 0) is 73.8 Å². The summed E-state index contributed by atoms with van der Waals surface area (Å²) in [6.07, 6.45) is 2.51. The van der Waals surface area contributed by atoms with E-state index in [2.05, 4.69) is 138 Å². The van der Waals surface area contributed by atoms with Crippen LogP contribution in [0.1, 0.15) is 30.9 Å². The zero-order valence-corrected chi connectivity index (χ0v) is 24.8. The molecule has 7 aromatic carbocycles. The summed E-state index contributed by atoms with van der Waals surface area (Å²) < 4.78 is 6.47. The second-order valence-corrected chi connectivity index (χ2v) is 11.7. The van der Waals surface area contributed by atoms with Crippen molar-refractivity contribution in [1.29, 1.82) is 0 Å². The molecule has 2 aliphatic rings. The summed E-state index contributed by atoms with van der Waals surface area (Å²) in [6.45, 7) is 4.00. The zero-order valence-electron chi connectivity index (χ0n) is 24.8. The predicted octanol–water partition coefficient (Wildman–Crippen LogP) is 10.8. The molecular formula is C42H31NO. The molecule has 0 spiro atoms. The van der Waals surface area contributed by atoms with E-state index in [0.29, 0.717) is 0 Å². The van der Waals surface area contributed by atoms with Gasteiger partial charge in [0.1, 0.15) is 11.2 Å². The Balaban J connectivity index is 0.00000133. The summed E-state index contributed by atoms with van der Waals surface area (Å²) in [5.41, 5.74) is 9.50. The van der Waals surface area contributed by atoms with Crippen molar-refractivity contribution in [3.8, 4) is 11.1 Å². The van der Waals surface area contributed by atoms with E-state index in [0.717, 1.165) is 27.5 Å². The van der Waals surface area contributed by atoms with Crippen LogP contribution in [0.2, 0.25) is 0 Å². The lowest BCUT2D eigenvalue weighted by molar-refractivity contribution is 0.670. The predicted molar refractivity (Wildman–Crippen MR) is 186 cm³/mol. The largest absolute Gasteiger partial charge is 0.455 e. The van der Waals surface area contributed by atoms with Gasteiger partial charge in [-0.25, -0.2) is 0 Å². The van der Waals surface area contributed by atoms with E-state index in [1.54, 1.807) is 0 Å². The quantitative estimate of drug-likeness (QED) is 0.207. The Labute approximate surface area is 256 Å². The van der Waals surface area contributed by atoms with Gasteiger partial charge in [0.2, 0.25) is 0 Å². The zero-order chi connectivity index (χ0) is 29.4. The Morgan fingerprint density at radius 1 is 0.591 bits per heavy atom. The maximum atomic E-state index is 6.47. The van der Waals surface area contributed by atoms with Gasteiger partial charge in [-0.15, -0.1) is 0 Å². The smallest absolute Gasteiger partial charge is 0.143 e. The summed E-state index contributed by atoms with van der Waals surface area (Å²) >= 11 is 0. The van der Waals surface area contributed by atoms with Crippen LogP contribution in [0.15, 0.2) is 138 Å². The van der Waals surface area contributed by atoms with Crippen LogP contribution >= 0.6 is 0 Å².